The summed E-state index contributed by atoms with van der Waals surface area (Å²) in [7, 11) is 0. The first-order valence-electron chi connectivity index (χ1n) is 7.58. The number of carbonyl (C=O) groups excluding carboxylic acids is 1. The van der Waals surface area contributed by atoms with Crippen LogP contribution in [-0.2, 0) is 0 Å². The number of piperidine rings is 1. The topological polar surface area (TPSA) is 32.3 Å². The molecule has 1 aromatic carbocycles. The highest BCUT2D eigenvalue weighted by Gasteiger charge is 2.22. The standard InChI is InChI=1S/C16H22ClFN2O/c1-2-3-8-20-9-6-13(7-10-20)19-16(21)14-11-12(17)4-5-15(14)18/h4-5,11,13H,2-3,6-10H2,1H3,(H,19,21). The molecular weight excluding hydrogens is 291 g/mol. The van der Waals surface area contributed by atoms with Gasteiger partial charge in [0.2, 0.25) is 0 Å². The van der Waals surface area contributed by atoms with E-state index in [1.54, 1.807) is 0 Å². The summed E-state index contributed by atoms with van der Waals surface area (Å²) in [4.78, 5) is 14.5. The second-order valence-electron chi connectivity index (χ2n) is 5.57. The molecule has 0 unspecified atom stereocenters. The molecule has 2 rings (SSSR count). The highest BCUT2D eigenvalue weighted by Crippen LogP contribution is 2.16. The van der Waals surface area contributed by atoms with Crippen LogP contribution in [0.2, 0.25) is 5.02 Å². The molecule has 1 saturated heterocycles. The molecule has 21 heavy (non-hydrogen) atoms. The van der Waals surface area contributed by atoms with Crippen LogP contribution in [0.3, 0.4) is 0 Å². The van der Waals surface area contributed by atoms with Gasteiger partial charge in [-0.25, -0.2) is 4.39 Å². The zero-order valence-electron chi connectivity index (χ0n) is 12.4. The minimum Gasteiger partial charge on any atom is -0.349 e. The predicted octanol–water partition coefficient (Wildman–Crippen LogP) is 3.47. The summed E-state index contributed by atoms with van der Waals surface area (Å²) in [6, 6.07) is 4.17. The van der Waals surface area contributed by atoms with Crippen molar-refractivity contribution in [1.82, 2.24) is 10.2 Å². The lowest BCUT2D eigenvalue weighted by molar-refractivity contribution is 0.0906. The molecule has 1 aliphatic rings. The van der Waals surface area contributed by atoms with Crippen LogP contribution in [0.4, 0.5) is 4.39 Å². The number of benzene rings is 1. The molecule has 0 spiro atoms. The van der Waals surface area contributed by atoms with Crippen LogP contribution in [0.1, 0.15) is 43.0 Å². The summed E-state index contributed by atoms with van der Waals surface area (Å²) < 4.78 is 13.6. The zero-order valence-corrected chi connectivity index (χ0v) is 13.1. The van der Waals surface area contributed by atoms with Gasteiger partial charge in [-0.15, -0.1) is 0 Å². The number of carbonyl (C=O) groups is 1. The van der Waals surface area contributed by atoms with E-state index in [0.717, 1.165) is 32.5 Å². The molecule has 0 saturated carbocycles. The van der Waals surface area contributed by atoms with Crippen molar-refractivity contribution >= 4 is 17.5 Å². The molecule has 1 heterocycles. The summed E-state index contributed by atoms with van der Waals surface area (Å²) in [5.74, 6) is -0.903. The van der Waals surface area contributed by atoms with Gasteiger partial charge in [-0.05, 0) is 44.0 Å². The maximum absolute atomic E-state index is 13.6. The highest BCUT2D eigenvalue weighted by atomic mass is 35.5. The highest BCUT2D eigenvalue weighted by molar-refractivity contribution is 6.31. The van der Waals surface area contributed by atoms with Crippen LogP contribution in [0.5, 0.6) is 0 Å². The lowest BCUT2D eigenvalue weighted by Gasteiger charge is -2.32. The fourth-order valence-corrected chi connectivity index (χ4v) is 2.79. The molecule has 1 fully saturated rings. The van der Waals surface area contributed by atoms with Crippen molar-refractivity contribution in [2.45, 2.75) is 38.6 Å². The van der Waals surface area contributed by atoms with Crippen LogP contribution in [-0.4, -0.2) is 36.5 Å². The Bertz CT molecular complexity index is 487. The van der Waals surface area contributed by atoms with E-state index in [2.05, 4.69) is 17.1 Å². The first-order valence-corrected chi connectivity index (χ1v) is 7.96. The predicted molar refractivity (Wildman–Crippen MR) is 83.2 cm³/mol. The number of nitrogens with one attached hydrogen (secondary N) is 1. The molecule has 0 radical (unpaired) electrons. The number of likely N-dealkylation sites (tertiary alicyclic amines) is 1. The van der Waals surface area contributed by atoms with Crippen molar-refractivity contribution in [3.63, 3.8) is 0 Å². The molecule has 1 aliphatic heterocycles. The molecule has 0 atom stereocenters. The SMILES string of the molecule is CCCCN1CCC(NC(=O)c2cc(Cl)ccc2F)CC1. The van der Waals surface area contributed by atoms with Crippen LogP contribution < -0.4 is 5.32 Å². The lowest BCUT2D eigenvalue weighted by atomic mass is 10.0. The molecule has 116 valence electrons. The maximum Gasteiger partial charge on any atom is 0.254 e. The number of hydrogen-bond acceptors (Lipinski definition) is 2. The van der Waals surface area contributed by atoms with Gasteiger partial charge in [0.1, 0.15) is 5.82 Å². The smallest absolute Gasteiger partial charge is 0.254 e. The maximum atomic E-state index is 13.6. The molecule has 0 aromatic heterocycles. The van der Waals surface area contributed by atoms with E-state index in [1.165, 1.54) is 31.0 Å². The van der Waals surface area contributed by atoms with Crippen molar-refractivity contribution in [3.05, 3.63) is 34.6 Å². The normalized spacial score (nSPS) is 16.9. The van der Waals surface area contributed by atoms with Gasteiger partial charge >= 0.3 is 0 Å². The fraction of sp³-hybridized carbons (Fsp3) is 0.562. The Labute approximate surface area is 130 Å². The van der Waals surface area contributed by atoms with E-state index in [0.29, 0.717) is 5.02 Å². The second kappa shape index (κ2) is 7.76. The molecule has 1 N–H and O–H groups in total. The van der Waals surface area contributed by atoms with Crippen LogP contribution >= 0.6 is 11.6 Å². The monoisotopic (exact) mass is 312 g/mol. The van der Waals surface area contributed by atoms with Crippen molar-refractivity contribution in [2.24, 2.45) is 0 Å². The number of rotatable bonds is 5. The van der Waals surface area contributed by atoms with Crippen molar-refractivity contribution in [1.29, 1.82) is 0 Å². The van der Waals surface area contributed by atoms with E-state index in [1.807, 2.05) is 0 Å². The lowest BCUT2D eigenvalue weighted by Crippen LogP contribution is -2.45. The summed E-state index contributed by atoms with van der Waals surface area (Å²) in [5, 5.41) is 3.29. The molecule has 5 heteroatoms. The Morgan fingerprint density at radius 2 is 2.14 bits per heavy atom. The minimum absolute atomic E-state index is 0.0240. The molecule has 1 amide bonds. The van der Waals surface area contributed by atoms with Gasteiger partial charge < -0.3 is 10.2 Å². The molecule has 0 bridgehead atoms. The van der Waals surface area contributed by atoms with Gasteiger partial charge in [0.15, 0.2) is 0 Å². The van der Waals surface area contributed by atoms with Gasteiger partial charge in [0.25, 0.3) is 5.91 Å². The number of hydrogen-bond donors (Lipinski definition) is 1. The largest absolute Gasteiger partial charge is 0.349 e. The third-order valence-corrected chi connectivity index (χ3v) is 4.16. The summed E-state index contributed by atoms with van der Waals surface area (Å²) >= 11 is 5.82. The molecule has 1 aromatic rings. The van der Waals surface area contributed by atoms with E-state index in [9.17, 15) is 9.18 Å². The summed E-state index contributed by atoms with van der Waals surface area (Å²) in [5.41, 5.74) is 0.0240. The third-order valence-electron chi connectivity index (χ3n) is 3.92. The third kappa shape index (κ3) is 4.68. The quantitative estimate of drug-likeness (QED) is 0.903. The number of nitrogens with zero attached hydrogens (tertiary/aromatic N) is 1. The van der Waals surface area contributed by atoms with Gasteiger partial charge in [0.05, 0.1) is 5.56 Å². The van der Waals surface area contributed by atoms with Crippen molar-refractivity contribution in [2.75, 3.05) is 19.6 Å². The Hall–Kier alpha value is -1.13. The minimum atomic E-state index is -0.530. The van der Waals surface area contributed by atoms with Gasteiger partial charge in [-0.3, -0.25) is 4.79 Å². The van der Waals surface area contributed by atoms with E-state index in [-0.39, 0.29) is 17.5 Å². The Kier molecular flexibility index (Phi) is 6.00. The second-order valence-corrected chi connectivity index (χ2v) is 6.00. The molecule has 0 aliphatic carbocycles. The first-order chi connectivity index (χ1) is 10.1. The molecular formula is C16H22ClFN2O. The Morgan fingerprint density at radius 3 is 2.81 bits per heavy atom. The average molecular weight is 313 g/mol. The van der Waals surface area contributed by atoms with E-state index in [4.69, 9.17) is 11.6 Å². The van der Waals surface area contributed by atoms with Crippen molar-refractivity contribution in [3.8, 4) is 0 Å². The zero-order chi connectivity index (χ0) is 15.2. The van der Waals surface area contributed by atoms with Gasteiger partial charge in [-0.2, -0.15) is 0 Å². The Balaban J connectivity index is 1.85. The van der Waals surface area contributed by atoms with Gasteiger partial charge in [0, 0.05) is 24.2 Å². The summed E-state index contributed by atoms with van der Waals surface area (Å²) in [6.45, 7) is 5.29. The van der Waals surface area contributed by atoms with Crippen LogP contribution in [0.15, 0.2) is 18.2 Å². The fourth-order valence-electron chi connectivity index (χ4n) is 2.62. The average Bonchev–Trinajstić information content (AvgIpc) is 2.49. The van der Waals surface area contributed by atoms with Crippen molar-refractivity contribution < 1.29 is 9.18 Å². The molecule has 3 nitrogen and oxygen atoms in total. The number of amides is 1. The first kappa shape index (κ1) is 16.2. The van der Waals surface area contributed by atoms with E-state index < -0.39 is 5.82 Å². The number of unbranched alkanes of at least 4 members (excludes halogenated alkanes) is 1. The van der Waals surface area contributed by atoms with Gasteiger partial charge in [-0.1, -0.05) is 24.9 Å². The Morgan fingerprint density at radius 1 is 1.43 bits per heavy atom. The van der Waals surface area contributed by atoms with Crippen LogP contribution in [0.25, 0.3) is 0 Å². The van der Waals surface area contributed by atoms with Crippen LogP contribution in [0, 0.1) is 5.82 Å². The van der Waals surface area contributed by atoms with E-state index >= 15 is 0 Å². The summed E-state index contributed by atoms with van der Waals surface area (Å²) in [6.07, 6.45) is 4.24. The number of halogens is 2.